The zero-order chi connectivity index (χ0) is 10.8. The van der Waals surface area contributed by atoms with Crippen LogP contribution in [0.1, 0.15) is 33.1 Å². The fraction of sp³-hybridized carbons (Fsp3) is 0.667. The first kappa shape index (κ1) is 13.4. The van der Waals surface area contributed by atoms with Gasteiger partial charge in [0.25, 0.3) is 0 Å². The van der Waals surface area contributed by atoms with E-state index in [9.17, 15) is 5.11 Å². The first-order chi connectivity index (χ1) is 6.72. The van der Waals surface area contributed by atoms with Crippen LogP contribution in [0.2, 0.25) is 0 Å². The van der Waals surface area contributed by atoms with Crippen LogP contribution in [0.25, 0.3) is 0 Å². The van der Waals surface area contributed by atoms with Crippen LogP contribution in [-0.4, -0.2) is 29.3 Å². The van der Waals surface area contributed by atoms with Crippen molar-refractivity contribution in [2.75, 3.05) is 13.1 Å². The summed E-state index contributed by atoms with van der Waals surface area (Å²) in [6.45, 7) is 9.37. The van der Waals surface area contributed by atoms with Gasteiger partial charge in [-0.25, -0.2) is 0 Å². The summed E-state index contributed by atoms with van der Waals surface area (Å²) in [6, 6.07) is 0. The van der Waals surface area contributed by atoms with Crippen LogP contribution in [0.4, 0.5) is 0 Å². The minimum Gasteiger partial charge on any atom is -0.379 e. The van der Waals surface area contributed by atoms with Gasteiger partial charge in [-0.3, -0.25) is 4.90 Å². The molecular formula is C12H23NO. The minimum absolute atomic E-state index is 0.332. The molecule has 1 atom stereocenters. The molecular weight excluding hydrogens is 174 g/mol. The average molecular weight is 197 g/mol. The molecule has 0 aliphatic heterocycles. The first-order valence-electron chi connectivity index (χ1n) is 5.40. The summed E-state index contributed by atoms with van der Waals surface area (Å²) in [6.07, 6.45) is 9.08. The van der Waals surface area contributed by atoms with E-state index < -0.39 is 0 Å². The van der Waals surface area contributed by atoms with Crippen molar-refractivity contribution in [2.24, 2.45) is 0 Å². The molecule has 0 aromatic rings. The van der Waals surface area contributed by atoms with Crippen molar-refractivity contribution < 1.29 is 5.11 Å². The molecule has 2 heteroatoms. The fourth-order valence-electron chi connectivity index (χ4n) is 1.30. The molecule has 14 heavy (non-hydrogen) atoms. The van der Waals surface area contributed by atoms with Crippen molar-refractivity contribution in [2.45, 2.75) is 39.3 Å². The lowest BCUT2D eigenvalue weighted by molar-refractivity contribution is 0.0238. The van der Waals surface area contributed by atoms with E-state index in [4.69, 9.17) is 0 Å². The maximum absolute atomic E-state index is 9.34. The lowest BCUT2D eigenvalue weighted by Crippen LogP contribution is -2.33. The van der Waals surface area contributed by atoms with Gasteiger partial charge < -0.3 is 5.11 Å². The number of rotatable bonds is 8. The summed E-state index contributed by atoms with van der Waals surface area (Å²) < 4.78 is 0. The van der Waals surface area contributed by atoms with Gasteiger partial charge >= 0.3 is 0 Å². The van der Waals surface area contributed by atoms with Crippen LogP contribution >= 0.6 is 0 Å². The Morgan fingerprint density at radius 3 is 2.43 bits per heavy atom. The number of hydrogen-bond donors (Lipinski definition) is 1. The predicted octanol–water partition coefficient (Wildman–Crippen LogP) is 2.56. The van der Waals surface area contributed by atoms with Gasteiger partial charge in [0, 0.05) is 6.54 Å². The molecule has 0 radical (unpaired) electrons. The average Bonchev–Trinajstić information content (AvgIpc) is 2.16. The van der Waals surface area contributed by atoms with Crippen LogP contribution in [0, 0.1) is 0 Å². The molecule has 0 aliphatic rings. The first-order valence-corrected chi connectivity index (χ1v) is 5.40. The molecule has 0 aliphatic carbocycles. The molecule has 1 N–H and O–H groups in total. The smallest absolute Gasteiger partial charge is 0.104 e. The van der Waals surface area contributed by atoms with Crippen molar-refractivity contribution in [3.63, 3.8) is 0 Å². The highest BCUT2D eigenvalue weighted by Gasteiger charge is 2.05. The highest BCUT2D eigenvalue weighted by molar-refractivity contribution is 4.85. The van der Waals surface area contributed by atoms with E-state index in [1.807, 2.05) is 17.9 Å². The van der Waals surface area contributed by atoms with E-state index in [0.29, 0.717) is 0 Å². The van der Waals surface area contributed by atoms with Crippen molar-refractivity contribution in [1.82, 2.24) is 4.90 Å². The Morgan fingerprint density at radius 1 is 1.29 bits per heavy atom. The zero-order valence-corrected chi connectivity index (χ0v) is 9.45. The Morgan fingerprint density at radius 2 is 1.93 bits per heavy atom. The third-order valence-electron chi connectivity index (χ3n) is 2.22. The largest absolute Gasteiger partial charge is 0.379 e. The molecule has 0 rings (SSSR count). The Kier molecular flexibility index (Phi) is 8.59. The zero-order valence-electron chi connectivity index (χ0n) is 9.45. The highest BCUT2D eigenvalue weighted by Crippen LogP contribution is 1.99. The number of nitrogens with zero attached hydrogens (tertiary/aromatic N) is 1. The summed E-state index contributed by atoms with van der Waals surface area (Å²) in [4.78, 5) is 2.04. The molecule has 0 saturated heterocycles. The lowest BCUT2D eigenvalue weighted by Gasteiger charge is -2.22. The topological polar surface area (TPSA) is 23.5 Å². The van der Waals surface area contributed by atoms with Crippen molar-refractivity contribution in [3.8, 4) is 0 Å². The van der Waals surface area contributed by atoms with Crippen LogP contribution < -0.4 is 0 Å². The van der Waals surface area contributed by atoms with E-state index in [2.05, 4.69) is 25.7 Å². The molecule has 0 aromatic heterocycles. The van der Waals surface area contributed by atoms with E-state index in [0.717, 1.165) is 32.4 Å². The Bertz CT molecular complexity index is 164. The van der Waals surface area contributed by atoms with Crippen LogP contribution in [0.5, 0.6) is 0 Å². The summed E-state index contributed by atoms with van der Waals surface area (Å²) in [5.41, 5.74) is 0. The van der Waals surface area contributed by atoms with Gasteiger partial charge in [0.1, 0.15) is 6.23 Å². The molecule has 82 valence electrons. The molecule has 0 spiro atoms. The number of aliphatic hydroxyl groups is 1. The van der Waals surface area contributed by atoms with Crippen LogP contribution in [0.15, 0.2) is 24.8 Å². The van der Waals surface area contributed by atoms with Crippen molar-refractivity contribution >= 4 is 0 Å². The second-order valence-corrected chi connectivity index (χ2v) is 3.39. The second kappa shape index (κ2) is 8.97. The van der Waals surface area contributed by atoms with Gasteiger partial charge in [-0.15, -0.1) is 6.58 Å². The van der Waals surface area contributed by atoms with Crippen molar-refractivity contribution in [3.05, 3.63) is 24.8 Å². The Hall–Kier alpha value is -0.600. The van der Waals surface area contributed by atoms with Gasteiger partial charge in [-0.05, 0) is 32.7 Å². The number of hydrogen-bond acceptors (Lipinski definition) is 2. The van der Waals surface area contributed by atoms with Gasteiger partial charge in [-0.1, -0.05) is 25.2 Å². The number of aliphatic hydroxyl groups excluding tert-OH is 1. The third kappa shape index (κ3) is 6.87. The van der Waals surface area contributed by atoms with Gasteiger partial charge in [0.2, 0.25) is 0 Å². The molecule has 0 heterocycles. The summed E-state index contributed by atoms with van der Waals surface area (Å²) >= 11 is 0. The van der Waals surface area contributed by atoms with Crippen LogP contribution in [-0.2, 0) is 0 Å². The molecule has 0 aromatic carbocycles. The van der Waals surface area contributed by atoms with Gasteiger partial charge in [0.05, 0.1) is 0 Å². The Balaban J connectivity index is 3.50. The number of unbranched alkanes of at least 4 members (excludes halogenated alkanes) is 1. The van der Waals surface area contributed by atoms with E-state index in [-0.39, 0.29) is 6.23 Å². The third-order valence-corrected chi connectivity index (χ3v) is 2.22. The predicted molar refractivity (Wildman–Crippen MR) is 62.1 cm³/mol. The maximum Gasteiger partial charge on any atom is 0.104 e. The molecule has 0 fully saturated rings. The SMILES string of the molecule is C=CCCC=CCCN(CC)C(C)O. The Labute approximate surface area is 87.9 Å². The molecule has 0 saturated carbocycles. The van der Waals surface area contributed by atoms with Gasteiger partial charge in [0.15, 0.2) is 0 Å². The number of allylic oxidation sites excluding steroid dienone is 2. The van der Waals surface area contributed by atoms with Gasteiger partial charge in [-0.2, -0.15) is 0 Å². The summed E-state index contributed by atoms with van der Waals surface area (Å²) in [5, 5.41) is 9.34. The normalized spacial score (nSPS) is 13.7. The second-order valence-electron chi connectivity index (χ2n) is 3.39. The molecule has 1 unspecified atom stereocenters. The quantitative estimate of drug-likeness (QED) is 0.367. The standard InChI is InChI=1S/C12H23NO/c1-4-6-7-8-9-10-11-13(5-2)12(3)14/h4,8-9,12,14H,1,5-7,10-11H2,2-3H3. The van der Waals surface area contributed by atoms with E-state index >= 15 is 0 Å². The fourth-order valence-corrected chi connectivity index (χ4v) is 1.30. The molecule has 0 amide bonds. The van der Waals surface area contributed by atoms with E-state index in [1.165, 1.54) is 0 Å². The molecule has 2 nitrogen and oxygen atoms in total. The minimum atomic E-state index is -0.332. The summed E-state index contributed by atoms with van der Waals surface area (Å²) in [7, 11) is 0. The lowest BCUT2D eigenvalue weighted by atomic mass is 10.2. The van der Waals surface area contributed by atoms with Crippen LogP contribution in [0.3, 0.4) is 0 Å². The van der Waals surface area contributed by atoms with E-state index in [1.54, 1.807) is 0 Å². The maximum atomic E-state index is 9.34. The monoisotopic (exact) mass is 197 g/mol. The van der Waals surface area contributed by atoms with Crippen molar-refractivity contribution in [1.29, 1.82) is 0 Å². The summed E-state index contributed by atoms with van der Waals surface area (Å²) in [5.74, 6) is 0. The highest BCUT2D eigenvalue weighted by atomic mass is 16.3. The molecule has 0 bridgehead atoms.